The van der Waals surface area contributed by atoms with Crippen LogP contribution in [0.5, 0.6) is 0 Å². The SMILES string of the molecule is CCn1ncc(NCCCCCOC)c(Cl)c1=O. The molecule has 18 heavy (non-hydrogen) atoms. The number of halogens is 1. The number of hydrogen-bond donors (Lipinski definition) is 1. The number of aryl methyl sites for hydroxylation is 1. The average Bonchev–Trinajstić information content (AvgIpc) is 2.38. The Hall–Kier alpha value is -1.07. The second-order valence-electron chi connectivity index (χ2n) is 3.97. The fraction of sp³-hybridized carbons (Fsp3) is 0.667. The van der Waals surface area contributed by atoms with Crippen LogP contribution >= 0.6 is 11.6 Å². The van der Waals surface area contributed by atoms with Gasteiger partial charge in [0.25, 0.3) is 5.56 Å². The zero-order valence-electron chi connectivity index (χ0n) is 10.9. The molecule has 0 radical (unpaired) electrons. The maximum absolute atomic E-state index is 11.7. The lowest BCUT2D eigenvalue weighted by Gasteiger charge is -2.09. The molecular formula is C12H20ClN3O2. The quantitative estimate of drug-likeness (QED) is 0.738. The third-order valence-corrected chi connectivity index (χ3v) is 2.99. The number of ether oxygens (including phenoxy) is 1. The van der Waals surface area contributed by atoms with Gasteiger partial charge in [-0.2, -0.15) is 5.10 Å². The predicted octanol–water partition coefficient (Wildman–Crippen LogP) is 2.15. The fourth-order valence-corrected chi connectivity index (χ4v) is 1.80. The minimum absolute atomic E-state index is 0.212. The molecule has 0 saturated carbocycles. The summed E-state index contributed by atoms with van der Waals surface area (Å²) in [5, 5.41) is 7.37. The number of rotatable bonds is 8. The van der Waals surface area contributed by atoms with Gasteiger partial charge < -0.3 is 10.1 Å². The first-order valence-electron chi connectivity index (χ1n) is 6.19. The molecule has 1 aromatic heterocycles. The molecule has 0 spiro atoms. The van der Waals surface area contributed by atoms with E-state index in [4.69, 9.17) is 16.3 Å². The second kappa shape index (κ2) is 8.11. The summed E-state index contributed by atoms with van der Waals surface area (Å²) in [4.78, 5) is 11.7. The van der Waals surface area contributed by atoms with Crippen molar-refractivity contribution in [1.29, 1.82) is 0 Å². The number of anilines is 1. The van der Waals surface area contributed by atoms with E-state index in [-0.39, 0.29) is 10.6 Å². The van der Waals surface area contributed by atoms with Crippen LogP contribution in [0.4, 0.5) is 5.69 Å². The van der Waals surface area contributed by atoms with Gasteiger partial charge in [0, 0.05) is 26.8 Å². The molecule has 0 amide bonds. The molecule has 0 fully saturated rings. The first-order chi connectivity index (χ1) is 8.70. The summed E-state index contributed by atoms with van der Waals surface area (Å²) in [5.74, 6) is 0. The number of aromatic nitrogens is 2. The highest BCUT2D eigenvalue weighted by atomic mass is 35.5. The van der Waals surface area contributed by atoms with Gasteiger partial charge in [-0.05, 0) is 26.2 Å². The molecule has 0 aliphatic rings. The zero-order valence-corrected chi connectivity index (χ0v) is 11.7. The highest BCUT2D eigenvalue weighted by molar-refractivity contribution is 6.32. The number of nitrogens with one attached hydrogen (secondary N) is 1. The normalized spacial score (nSPS) is 10.6. The standard InChI is InChI=1S/C12H20ClN3O2/c1-3-16-12(17)11(13)10(9-15-16)14-7-5-4-6-8-18-2/h9,14H,3-8H2,1-2H3. The Morgan fingerprint density at radius 1 is 1.44 bits per heavy atom. The van der Waals surface area contributed by atoms with Crippen molar-refractivity contribution in [1.82, 2.24) is 9.78 Å². The van der Waals surface area contributed by atoms with Crippen molar-refractivity contribution in [3.8, 4) is 0 Å². The summed E-state index contributed by atoms with van der Waals surface area (Å²) in [6.45, 7) is 3.94. The van der Waals surface area contributed by atoms with E-state index in [9.17, 15) is 4.79 Å². The van der Waals surface area contributed by atoms with Gasteiger partial charge in [0.1, 0.15) is 5.02 Å². The van der Waals surface area contributed by atoms with Crippen LogP contribution in [-0.2, 0) is 11.3 Å². The van der Waals surface area contributed by atoms with E-state index in [1.807, 2.05) is 6.92 Å². The van der Waals surface area contributed by atoms with Gasteiger partial charge in [0.2, 0.25) is 0 Å². The first kappa shape index (κ1) is 15.0. The summed E-state index contributed by atoms with van der Waals surface area (Å²) < 4.78 is 6.31. The summed E-state index contributed by atoms with van der Waals surface area (Å²) in [6, 6.07) is 0. The molecule has 0 bridgehead atoms. The number of nitrogens with zero attached hydrogens (tertiary/aromatic N) is 2. The van der Waals surface area contributed by atoms with E-state index in [0.717, 1.165) is 32.4 Å². The van der Waals surface area contributed by atoms with E-state index in [0.29, 0.717) is 12.2 Å². The molecule has 0 aliphatic carbocycles. The minimum Gasteiger partial charge on any atom is -0.385 e. The van der Waals surface area contributed by atoms with Crippen molar-refractivity contribution in [2.45, 2.75) is 32.7 Å². The maximum atomic E-state index is 11.7. The van der Waals surface area contributed by atoms with Crippen LogP contribution in [0.2, 0.25) is 5.02 Å². The third-order valence-electron chi connectivity index (χ3n) is 2.63. The van der Waals surface area contributed by atoms with Crippen molar-refractivity contribution >= 4 is 17.3 Å². The molecule has 0 aliphatic heterocycles. The van der Waals surface area contributed by atoms with E-state index >= 15 is 0 Å². The van der Waals surface area contributed by atoms with Crippen molar-refractivity contribution in [2.75, 3.05) is 25.6 Å². The number of unbranched alkanes of at least 4 members (excludes halogenated alkanes) is 2. The molecule has 1 N–H and O–H groups in total. The minimum atomic E-state index is -0.247. The Labute approximate surface area is 112 Å². The Morgan fingerprint density at radius 3 is 2.89 bits per heavy atom. The van der Waals surface area contributed by atoms with Crippen LogP contribution in [0.15, 0.2) is 11.0 Å². The van der Waals surface area contributed by atoms with Crippen LogP contribution in [0.25, 0.3) is 0 Å². The van der Waals surface area contributed by atoms with Crippen molar-refractivity contribution in [3.05, 3.63) is 21.6 Å². The Kier molecular flexibility index (Phi) is 6.75. The maximum Gasteiger partial charge on any atom is 0.287 e. The van der Waals surface area contributed by atoms with Crippen LogP contribution in [-0.4, -0.2) is 30.0 Å². The van der Waals surface area contributed by atoms with E-state index < -0.39 is 0 Å². The third kappa shape index (κ3) is 4.31. The van der Waals surface area contributed by atoms with Gasteiger partial charge in [-0.3, -0.25) is 4.79 Å². The van der Waals surface area contributed by atoms with Crippen molar-refractivity contribution in [3.63, 3.8) is 0 Å². The molecule has 0 aromatic carbocycles. The van der Waals surface area contributed by atoms with E-state index in [1.165, 1.54) is 4.68 Å². The molecule has 0 atom stereocenters. The summed E-state index contributed by atoms with van der Waals surface area (Å²) in [7, 11) is 1.70. The summed E-state index contributed by atoms with van der Waals surface area (Å²) in [6.07, 6.45) is 4.73. The summed E-state index contributed by atoms with van der Waals surface area (Å²) in [5.41, 5.74) is 0.363. The Balaban J connectivity index is 2.43. The van der Waals surface area contributed by atoms with Gasteiger partial charge >= 0.3 is 0 Å². The number of hydrogen-bond acceptors (Lipinski definition) is 4. The molecule has 6 heteroatoms. The lowest BCUT2D eigenvalue weighted by atomic mass is 10.2. The lowest BCUT2D eigenvalue weighted by molar-refractivity contribution is 0.192. The molecule has 1 rings (SSSR count). The summed E-state index contributed by atoms with van der Waals surface area (Å²) >= 11 is 5.98. The van der Waals surface area contributed by atoms with Gasteiger partial charge in [-0.15, -0.1) is 0 Å². The molecule has 102 valence electrons. The smallest absolute Gasteiger partial charge is 0.287 e. The van der Waals surface area contributed by atoms with Crippen LogP contribution in [0.3, 0.4) is 0 Å². The van der Waals surface area contributed by atoms with E-state index in [2.05, 4.69) is 10.4 Å². The van der Waals surface area contributed by atoms with Crippen molar-refractivity contribution < 1.29 is 4.74 Å². The highest BCUT2D eigenvalue weighted by Crippen LogP contribution is 2.15. The molecule has 5 nitrogen and oxygen atoms in total. The fourth-order valence-electron chi connectivity index (χ4n) is 1.58. The highest BCUT2D eigenvalue weighted by Gasteiger charge is 2.07. The van der Waals surface area contributed by atoms with Crippen LogP contribution in [0.1, 0.15) is 26.2 Å². The Bertz CT molecular complexity index is 420. The molecule has 0 saturated heterocycles. The number of methoxy groups -OCH3 is 1. The van der Waals surface area contributed by atoms with Crippen LogP contribution in [0, 0.1) is 0 Å². The van der Waals surface area contributed by atoms with E-state index in [1.54, 1.807) is 13.3 Å². The van der Waals surface area contributed by atoms with Gasteiger partial charge in [-0.1, -0.05) is 11.6 Å². The average molecular weight is 274 g/mol. The monoisotopic (exact) mass is 273 g/mol. The second-order valence-corrected chi connectivity index (χ2v) is 4.35. The first-order valence-corrected chi connectivity index (χ1v) is 6.57. The van der Waals surface area contributed by atoms with Gasteiger partial charge in [-0.25, -0.2) is 4.68 Å². The zero-order chi connectivity index (χ0) is 13.4. The topological polar surface area (TPSA) is 56.1 Å². The molecule has 1 heterocycles. The van der Waals surface area contributed by atoms with Gasteiger partial charge in [0.15, 0.2) is 0 Å². The molecule has 0 unspecified atom stereocenters. The predicted molar refractivity (Wildman–Crippen MR) is 73.4 cm³/mol. The van der Waals surface area contributed by atoms with Crippen LogP contribution < -0.4 is 10.9 Å². The van der Waals surface area contributed by atoms with Gasteiger partial charge in [0.05, 0.1) is 11.9 Å². The Morgan fingerprint density at radius 2 is 2.22 bits per heavy atom. The largest absolute Gasteiger partial charge is 0.385 e. The van der Waals surface area contributed by atoms with Crippen molar-refractivity contribution in [2.24, 2.45) is 0 Å². The molecular weight excluding hydrogens is 254 g/mol. The molecule has 1 aromatic rings. The lowest BCUT2D eigenvalue weighted by Crippen LogP contribution is -2.23.